The molecule has 2 aromatic rings. The van der Waals surface area contributed by atoms with Crippen molar-refractivity contribution in [1.29, 1.82) is 0 Å². The highest BCUT2D eigenvalue weighted by Gasteiger charge is 2.19. The van der Waals surface area contributed by atoms with Crippen molar-refractivity contribution in [3.8, 4) is 0 Å². The minimum Gasteiger partial charge on any atom is -0.387 e. The Bertz CT molecular complexity index is 574. The summed E-state index contributed by atoms with van der Waals surface area (Å²) in [4.78, 5) is 4.76. The first kappa shape index (κ1) is 15.1. The van der Waals surface area contributed by atoms with Gasteiger partial charge in [0.25, 0.3) is 0 Å². The molecule has 116 valence electrons. The number of hydrogen-bond acceptors (Lipinski definition) is 3. The van der Waals surface area contributed by atoms with E-state index in [4.69, 9.17) is 0 Å². The van der Waals surface area contributed by atoms with Crippen molar-refractivity contribution in [3.05, 3.63) is 65.7 Å². The lowest BCUT2D eigenvalue weighted by Gasteiger charge is -2.37. The zero-order chi connectivity index (χ0) is 15.4. The molecular weight excluding hydrogens is 272 g/mol. The Kier molecular flexibility index (Phi) is 4.76. The fraction of sp³-hybridized carbons (Fsp3) is 0.368. The molecule has 0 saturated carbocycles. The third-order valence-corrected chi connectivity index (χ3v) is 4.39. The molecule has 0 unspecified atom stereocenters. The van der Waals surface area contributed by atoms with Gasteiger partial charge in [-0.1, -0.05) is 48.0 Å². The standard InChI is InChI=1S/C19H24N2O/c1-16-7-9-17(10-8-16)19(22)15-20-11-13-21(14-12-20)18-5-3-2-4-6-18/h2-10,19,22H,11-15H2,1H3/t19-/m0/s1. The zero-order valence-corrected chi connectivity index (χ0v) is 13.2. The first-order valence-corrected chi connectivity index (χ1v) is 7.99. The number of hydrogen-bond donors (Lipinski definition) is 1. The van der Waals surface area contributed by atoms with E-state index in [0.29, 0.717) is 6.54 Å². The fourth-order valence-electron chi connectivity index (χ4n) is 2.97. The van der Waals surface area contributed by atoms with E-state index in [-0.39, 0.29) is 0 Å². The molecule has 1 fully saturated rings. The minimum absolute atomic E-state index is 0.399. The summed E-state index contributed by atoms with van der Waals surface area (Å²) in [6, 6.07) is 18.7. The molecule has 3 nitrogen and oxygen atoms in total. The van der Waals surface area contributed by atoms with Gasteiger partial charge < -0.3 is 10.0 Å². The third-order valence-electron chi connectivity index (χ3n) is 4.39. The zero-order valence-electron chi connectivity index (χ0n) is 13.2. The molecule has 1 aliphatic heterocycles. The van der Waals surface area contributed by atoms with Gasteiger partial charge >= 0.3 is 0 Å². The highest BCUT2D eigenvalue weighted by atomic mass is 16.3. The molecule has 1 atom stereocenters. The Morgan fingerprint density at radius 1 is 0.909 bits per heavy atom. The first-order chi connectivity index (χ1) is 10.7. The lowest BCUT2D eigenvalue weighted by molar-refractivity contribution is 0.109. The summed E-state index contributed by atoms with van der Waals surface area (Å²) in [5.41, 5.74) is 3.53. The van der Waals surface area contributed by atoms with Crippen LogP contribution in [-0.2, 0) is 0 Å². The molecule has 1 N–H and O–H groups in total. The molecule has 1 heterocycles. The molecule has 2 aromatic carbocycles. The quantitative estimate of drug-likeness (QED) is 0.940. The van der Waals surface area contributed by atoms with Crippen molar-refractivity contribution in [1.82, 2.24) is 4.90 Å². The Labute approximate surface area is 132 Å². The largest absolute Gasteiger partial charge is 0.387 e. The van der Waals surface area contributed by atoms with Gasteiger partial charge in [0.1, 0.15) is 0 Å². The van der Waals surface area contributed by atoms with Crippen LogP contribution >= 0.6 is 0 Å². The molecule has 0 bridgehead atoms. The van der Waals surface area contributed by atoms with E-state index in [1.807, 2.05) is 12.1 Å². The molecule has 0 aromatic heterocycles. The number of aliphatic hydroxyl groups is 1. The van der Waals surface area contributed by atoms with Crippen LogP contribution in [-0.4, -0.2) is 42.7 Å². The number of nitrogens with zero attached hydrogens (tertiary/aromatic N) is 2. The number of benzene rings is 2. The van der Waals surface area contributed by atoms with E-state index in [9.17, 15) is 5.11 Å². The van der Waals surface area contributed by atoms with Gasteiger partial charge in [0.15, 0.2) is 0 Å². The van der Waals surface area contributed by atoms with Crippen LogP contribution in [0.2, 0.25) is 0 Å². The van der Waals surface area contributed by atoms with Gasteiger partial charge in [-0.15, -0.1) is 0 Å². The van der Waals surface area contributed by atoms with Crippen LogP contribution in [0.3, 0.4) is 0 Å². The van der Waals surface area contributed by atoms with Crippen LogP contribution in [0.1, 0.15) is 17.2 Å². The predicted octanol–water partition coefficient (Wildman–Crippen LogP) is 2.85. The van der Waals surface area contributed by atoms with Crippen molar-refractivity contribution >= 4 is 5.69 Å². The normalized spacial score (nSPS) is 17.5. The minimum atomic E-state index is -0.399. The van der Waals surface area contributed by atoms with Crippen molar-refractivity contribution in [3.63, 3.8) is 0 Å². The second-order valence-corrected chi connectivity index (χ2v) is 6.05. The molecular formula is C19H24N2O. The van der Waals surface area contributed by atoms with Crippen molar-refractivity contribution in [2.45, 2.75) is 13.0 Å². The van der Waals surface area contributed by atoms with Crippen molar-refractivity contribution in [2.75, 3.05) is 37.6 Å². The number of para-hydroxylation sites is 1. The van der Waals surface area contributed by atoms with Gasteiger partial charge in [-0.3, -0.25) is 4.90 Å². The monoisotopic (exact) mass is 296 g/mol. The second kappa shape index (κ2) is 6.95. The van der Waals surface area contributed by atoms with E-state index < -0.39 is 6.10 Å². The molecule has 1 saturated heterocycles. The van der Waals surface area contributed by atoms with Crippen LogP contribution in [0, 0.1) is 6.92 Å². The topological polar surface area (TPSA) is 26.7 Å². The summed E-state index contributed by atoms with van der Waals surface area (Å²) in [6.45, 7) is 6.82. The number of anilines is 1. The summed E-state index contributed by atoms with van der Waals surface area (Å²) in [7, 11) is 0. The Hall–Kier alpha value is -1.84. The Balaban J connectivity index is 1.52. The van der Waals surface area contributed by atoms with Crippen LogP contribution in [0.4, 0.5) is 5.69 Å². The average Bonchev–Trinajstić information content (AvgIpc) is 2.57. The maximum absolute atomic E-state index is 10.4. The molecule has 0 aliphatic carbocycles. The SMILES string of the molecule is Cc1ccc([C@@H](O)CN2CCN(c3ccccc3)CC2)cc1. The molecule has 0 spiro atoms. The van der Waals surface area contributed by atoms with Crippen LogP contribution in [0.15, 0.2) is 54.6 Å². The van der Waals surface area contributed by atoms with E-state index in [2.05, 4.69) is 59.2 Å². The average molecular weight is 296 g/mol. The lowest BCUT2D eigenvalue weighted by atomic mass is 10.1. The second-order valence-electron chi connectivity index (χ2n) is 6.05. The smallest absolute Gasteiger partial charge is 0.0916 e. The van der Waals surface area contributed by atoms with Crippen LogP contribution in [0.25, 0.3) is 0 Å². The van der Waals surface area contributed by atoms with Gasteiger partial charge in [-0.25, -0.2) is 0 Å². The predicted molar refractivity (Wildman–Crippen MR) is 91.2 cm³/mol. The van der Waals surface area contributed by atoms with E-state index >= 15 is 0 Å². The van der Waals surface area contributed by atoms with Crippen molar-refractivity contribution in [2.24, 2.45) is 0 Å². The van der Waals surface area contributed by atoms with Crippen LogP contribution < -0.4 is 4.90 Å². The summed E-state index contributed by atoms with van der Waals surface area (Å²) in [6.07, 6.45) is -0.399. The number of aliphatic hydroxyl groups excluding tert-OH is 1. The van der Waals surface area contributed by atoms with Gasteiger partial charge in [0.2, 0.25) is 0 Å². The molecule has 0 amide bonds. The number of rotatable bonds is 4. The number of β-amino-alcohol motifs (C(OH)–C–C–N with tert-alkyl or cyclic N) is 1. The van der Waals surface area contributed by atoms with Crippen LogP contribution in [0.5, 0.6) is 0 Å². The van der Waals surface area contributed by atoms with Gasteiger partial charge in [0, 0.05) is 38.4 Å². The summed E-state index contributed by atoms with van der Waals surface area (Å²) in [5, 5.41) is 10.4. The molecule has 3 heteroatoms. The maximum Gasteiger partial charge on any atom is 0.0916 e. The fourth-order valence-corrected chi connectivity index (χ4v) is 2.97. The van der Waals surface area contributed by atoms with Gasteiger partial charge in [0.05, 0.1) is 6.10 Å². The van der Waals surface area contributed by atoms with Gasteiger partial charge in [-0.2, -0.15) is 0 Å². The highest BCUT2D eigenvalue weighted by Crippen LogP contribution is 2.19. The Morgan fingerprint density at radius 2 is 1.55 bits per heavy atom. The molecule has 1 aliphatic rings. The highest BCUT2D eigenvalue weighted by molar-refractivity contribution is 5.46. The number of piperazine rings is 1. The van der Waals surface area contributed by atoms with Gasteiger partial charge in [-0.05, 0) is 24.6 Å². The first-order valence-electron chi connectivity index (χ1n) is 7.99. The van der Waals surface area contributed by atoms with E-state index in [0.717, 1.165) is 31.7 Å². The van der Waals surface area contributed by atoms with Crippen molar-refractivity contribution < 1.29 is 5.11 Å². The van der Waals surface area contributed by atoms with E-state index in [1.165, 1.54) is 11.3 Å². The maximum atomic E-state index is 10.4. The number of aryl methyl sites for hydroxylation is 1. The summed E-state index contributed by atoms with van der Waals surface area (Å²) in [5.74, 6) is 0. The summed E-state index contributed by atoms with van der Waals surface area (Å²) >= 11 is 0. The van der Waals surface area contributed by atoms with E-state index in [1.54, 1.807) is 0 Å². The third kappa shape index (κ3) is 3.67. The lowest BCUT2D eigenvalue weighted by Crippen LogP contribution is -2.47. The Morgan fingerprint density at radius 3 is 2.18 bits per heavy atom. The molecule has 0 radical (unpaired) electrons. The molecule has 22 heavy (non-hydrogen) atoms. The summed E-state index contributed by atoms with van der Waals surface area (Å²) < 4.78 is 0. The molecule has 3 rings (SSSR count).